The normalized spacial score (nSPS) is 10.7. The Kier molecular flexibility index (Phi) is 17.9. The summed E-state index contributed by atoms with van der Waals surface area (Å²) < 4.78 is 11.0. The molecule has 0 fully saturated rings. The molecule has 7 heteroatoms. The quantitative estimate of drug-likeness (QED) is 0.232. The van der Waals surface area contributed by atoms with Gasteiger partial charge in [0.1, 0.15) is 0 Å². The lowest BCUT2D eigenvalue weighted by atomic mass is 10.1. The zero-order valence-electron chi connectivity index (χ0n) is 18.7. The number of amides is 2. The molecule has 2 N–H and O–H groups in total. The van der Waals surface area contributed by atoms with Gasteiger partial charge in [0.25, 0.3) is 0 Å². The average Bonchev–Trinajstić information content (AvgIpc) is 2.77. The molecule has 0 aliphatic heterocycles. The number of hydrogen-bond donors (Lipinski definition) is 2. The van der Waals surface area contributed by atoms with Gasteiger partial charge in [-0.2, -0.15) is 0 Å². The van der Waals surface area contributed by atoms with Crippen LogP contribution in [0.25, 0.3) is 0 Å². The Morgan fingerprint density at radius 3 is 2.16 bits per heavy atom. The number of carbonyl (C=O) groups excluding carboxylic acids is 2. The Labute approximate surface area is 192 Å². The van der Waals surface area contributed by atoms with E-state index in [1.54, 1.807) is 0 Å². The van der Waals surface area contributed by atoms with E-state index in [9.17, 15) is 9.59 Å². The second-order valence-corrected chi connectivity index (χ2v) is 7.88. The fraction of sp³-hybridized carbons (Fsp3) is 0.667. The molecule has 0 heterocycles. The van der Waals surface area contributed by atoms with E-state index < -0.39 is 0 Å². The second kappa shape index (κ2) is 20.3. The molecule has 2 amide bonds. The molecule has 6 nitrogen and oxygen atoms in total. The van der Waals surface area contributed by atoms with Crippen molar-refractivity contribution in [2.75, 3.05) is 45.4 Å². The molecule has 0 aromatic heterocycles. The van der Waals surface area contributed by atoms with Gasteiger partial charge in [-0.3, -0.25) is 9.59 Å². The van der Waals surface area contributed by atoms with E-state index in [2.05, 4.69) is 10.6 Å². The molecule has 0 atom stereocenters. The van der Waals surface area contributed by atoms with Crippen LogP contribution < -0.4 is 10.6 Å². The maximum absolute atomic E-state index is 11.8. The first-order valence-electron chi connectivity index (χ1n) is 11.5. The first-order chi connectivity index (χ1) is 15.2. The van der Waals surface area contributed by atoms with Crippen LogP contribution in [0.2, 0.25) is 0 Å². The smallest absolute Gasteiger partial charge is 0.224 e. The summed E-state index contributed by atoms with van der Waals surface area (Å²) in [5, 5.41) is 5.79. The molecular weight excluding hydrogens is 416 g/mol. The van der Waals surface area contributed by atoms with Crippen molar-refractivity contribution in [2.24, 2.45) is 0 Å². The van der Waals surface area contributed by atoms with E-state index in [1.165, 1.54) is 0 Å². The van der Waals surface area contributed by atoms with E-state index in [0.29, 0.717) is 45.8 Å². The zero-order chi connectivity index (χ0) is 22.4. The van der Waals surface area contributed by atoms with Gasteiger partial charge in [-0.25, -0.2) is 0 Å². The number of carbonyl (C=O) groups is 2. The Bertz CT molecular complexity index is 572. The van der Waals surface area contributed by atoms with Crippen molar-refractivity contribution in [3.8, 4) is 0 Å². The largest absolute Gasteiger partial charge is 0.379 e. The van der Waals surface area contributed by atoms with Crippen LogP contribution in [0.4, 0.5) is 0 Å². The zero-order valence-corrected chi connectivity index (χ0v) is 19.5. The summed E-state index contributed by atoms with van der Waals surface area (Å²) in [4.78, 5) is 23.6. The van der Waals surface area contributed by atoms with Gasteiger partial charge >= 0.3 is 0 Å². The summed E-state index contributed by atoms with van der Waals surface area (Å²) in [5.74, 6) is 0.821. The molecule has 0 radical (unpaired) electrons. The molecule has 0 saturated heterocycles. The van der Waals surface area contributed by atoms with Gasteiger partial charge in [0.2, 0.25) is 11.8 Å². The van der Waals surface area contributed by atoms with E-state index in [4.69, 9.17) is 21.1 Å². The third-order valence-corrected chi connectivity index (χ3v) is 4.99. The highest BCUT2D eigenvalue weighted by Gasteiger charge is 2.03. The summed E-state index contributed by atoms with van der Waals surface area (Å²) in [5.41, 5.74) is 1.02. The van der Waals surface area contributed by atoms with Crippen molar-refractivity contribution in [3.63, 3.8) is 0 Å². The van der Waals surface area contributed by atoms with Crippen LogP contribution in [0.5, 0.6) is 0 Å². The van der Waals surface area contributed by atoms with Crippen molar-refractivity contribution in [1.82, 2.24) is 10.6 Å². The van der Waals surface area contributed by atoms with Crippen LogP contribution in [0.15, 0.2) is 30.3 Å². The first kappa shape index (κ1) is 27.4. The second-order valence-electron chi connectivity index (χ2n) is 7.50. The molecule has 1 aromatic rings. The van der Waals surface area contributed by atoms with Gasteiger partial charge in [0.15, 0.2) is 0 Å². The minimum atomic E-state index is 0.0385. The average molecular weight is 455 g/mol. The van der Waals surface area contributed by atoms with Crippen molar-refractivity contribution in [2.45, 2.75) is 57.8 Å². The molecule has 1 rings (SSSR count). The summed E-state index contributed by atoms with van der Waals surface area (Å²) in [6.45, 7) is 3.57. The van der Waals surface area contributed by atoms with E-state index >= 15 is 0 Å². The van der Waals surface area contributed by atoms with Crippen LogP contribution in [-0.4, -0.2) is 57.2 Å². The Balaban J connectivity index is 1.81. The number of hydrogen-bond acceptors (Lipinski definition) is 4. The number of nitrogens with one attached hydrogen (secondary N) is 2. The third-order valence-electron chi connectivity index (χ3n) is 4.72. The van der Waals surface area contributed by atoms with Crippen molar-refractivity contribution in [1.29, 1.82) is 0 Å². The molecule has 0 unspecified atom stereocenters. The number of alkyl halides is 1. The SMILES string of the molecule is O=C(CCCCCNC(=O)Cc1ccccc1)NCCOCCOCCCCCCCl. The molecule has 0 bridgehead atoms. The molecule has 0 saturated carbocycles. The lowest BCUT2D eigenvalue weighted by Gasteiger charge is -2.08. The third kappa shape index (κ3) is 17.7. The standard InChI is InChI=1S/C24H39ClN2O4/c25-14-8-1-2-10-17-30-19-20-31-18-16-27-23(28)13-7-4-9-15-26-24(29)21-22-11-5-3-6-12-22/h3,5-6,11-12H,1-2,4,7-10,13-21H2,(H,26,29)(H,27,28). The van der Waals surface area contributed by atoms with Gasteiger partial charge in [-0.1, -0.05) is 49.6 Å². The predicted molar refractivity (Wildman–Crippen MR) is 125 cm³/mol. The predicted octanol–water partition coefficient (Wildman–Crippen LogP) is 3.85. The Morgan fingerprint density at radius 2 is 1.39 bits per heavy atom. The maximum atomic E-state index is 11.8. The molecule has 1 aromatic carbocycles. The number of rotatable bonds is 20. The van der Waals surface area contributed by atoms with Gasteiger partial charge < -0.3 is 20.1 Å². The van der Waals surface area contributed by atoms with Crippen LogP contribution >= 0.6 is 11.6 Å². The van der Waals surface area contributed by atoms with Gasteiger partial charge in [-0.05, 0) is 31.2 Å². The van der Waals surface area contributed by atoms with Crippen LogP contribution in [-0.2, 0) is 25.5 Å². The molecule has 31 heavy (non-hydrogen) atoms. The number of ether oxygens (including phenoxy) is 2. The highest BCUT2D eigenvalue weighted by Crippen LogP contribution is 2.02. The van der Waals surface area contributed by atoms with Crippen LogP contribution in [0, 0.1) is 0 Å². The van der Waals surface area contributed by atoms with Crippen molar-refractivity contribution < 1.29 is 19.1 Å². The fourth-order valence-corrected chi connectivity index (χ4v) is 3.17. The monoisotopic (exact) mass is 454 g/mol. The van der Waals surface area contributed by atoms with Crippen molar-refractivity contribution in [3.05, 3.63) is 35.9 Å². The van der Waals surface area contributed by atoms with Crippen LogP contribution in [0.1, 0.15) is 56.9 Å². The van der Waals surface area contributed by atoms with Crippen molar-refractivity contribution >= 4 is 23.4 Å². The van der Waals surface area contributed by atoms with Gasteiger partial charge in [0, 0.05) is 32.0 Å². The minimum Gasteiger partial charge on any atom is -0.379 e. The topological polar surface area (TPSA) is 76.7 Å². The molecule has 176 valence electrons. The Hall–Kier alpha value is -1.63. The summed E-state index contributed by atoms with van der Waals surface area (Å²) >= 11 is 5.63. The molecular formula is C24H39ClN2O4. The van der Waals surface area contributed by atoms with E-state index in [0.717, 1.165) is 63.0 Å². The fourth-order valence-electron chi connectivity index (χ4n) is 2.98. The lowest BCUT2D eigenvalue weighted by molar-refractivity contribution is -0.122. The lowest BCUT2D eigenvalue weighted by Crippen LogP contribution is -2.27. The highest BCUT2D eigenvalue weighted by atomic mass is 35.5. The molecule has 0 spiro atoms. The number of unbranched alkanes of at least 4 members (excludes halogenated alkanes) is 5. The highest BCUT2D eigenvalue weighted by molar-refractivity contribution is 6.17. The van der Waals surface area contributed by atoms with Crippen LogP contribution in [0.3, 0.4) is 0 Å². The molecule has 0 aliphatic rings. The maximum Gasteiger partial charge on any atom is 0.224 e. The van der Waals surface area contributed by atoms with E-state index in [1.807, 2.05) is 30.3 Å². The Morgan fingerprint density at radius 1 is 0.710 bits per heavy atom. The number of benzene rings is 1. The summed E-state index contributed by atoms with van der Waals surface area (Å²) in [7, 11) is 0. The number of halogens is 1. The summed E-state index contributed by atoms with van der Waals surface area (Å²) in [6.07, 6.45) is 7.98. The first-order valence-corrected chi connectivity index (χ1v) is 12.0. The van der Waals surface area contributed by atoms with Gasteiger partial charge in [0.05, 0.1) is 26.2 Å². The van der Waals surface area contributed by atoms with Gasteiger partial charge in [-0.15, -0.1) is 11.6 Å². The molecule has 0 aliphatic carbocycles. The van der Waals surface area contributed by atoms with E-state index in [-0.39, 0.29) is 11.8 Å². The minimum absolute atomic E-state index is 0.0385. The summed E-state index contributed by atoms with van der Waals surface area (Å²) in [6, 6.07) is 9.70.